The van der Waals surface area contributed by atoms with Crippen LogP contribution in [0.1, 0.15) is 37.7 Å². The molecular weight excluding hydrogens is 246 g/mol. The third-order valence-electron chi connectivity index (χ3n) is 6.08. The summed E-state index contributed by atoms with van der Waals surface area (Å²) in [7, 11) is 1.73. The number of ether oxygens (including phenoxy) is 1. The molecule has 0 radical (unpaired) electrons. The van der Waals surface area contributed by atoms with Gasteiger partial charge in [0.05, 0.1) is 13.2 Å². The van der Waals surface area contributed by atoms with Crippen LogP contribution in [0.25, 0.3) is 0 Å². The number of hydrogen-bond donors (Lipinski definition) is 1. The first-order valence-electron chi connectivity index (χ1n) is 8.28. The van der Waals surface area contributed by atoms with Gasteiger partial charge in [-0.1, -0.05) is 0 Å². The minimum Gasteiger partial charge on any atom is -0.497 e. The van der Waals surface area contributed by atoms with Crippen molar-refractivity contribution in [1.29, 1.82) is 0 Å². The molecule has 0 saturated heterocycles. The first-order chi connectivity index (χ1) is 9.81. The summed E-state index contributed by atoms with van der Waals surface area (Å²) in [6.07, 6.45) is 7.65. The predicted molar refractivity (Wildman–Crippen MR) is 79.5 cm³/mol. The van der Waals surface area contributed by atoms with Crippen molar-refractivity contribution in [3.05, 3.63) is 29.8 Å². The topological polar surface area (TPSA) is 25.8 Å². The molecule has 108 valence electrons. The molecule has 0 aromatic heterocycles. The van der Waals surface area contributed by atoms with Gasteiger partial charge in [0.1, 0.15) is 12.3 Å². The van der Waals surface area contributed by atoms with Gasteiger partial charge in [0.15, 0.2) is 0 Å². The van der Waals surface area contributed by atoms with Crippen LogP contribution in [0.15, 0.2) is 24.3 Å². The highest BCUT2D eigenvalue weighted by atomic mass is 16.5. The van der Waals surface area contributed by atoms with E-state index in [9.17, 15) is 0 Å². The van der Waals surface area contributed by atoms with Crippen LogP contribution >= 0.6 is 0 Å². The Kier molecular flexibility index (Phi) is 3.22. The molecule has 4 saturated carbocycles. The third kappa shape index (κ3) is 2.24. The van der Waals surface area contributed by atoms with Crippen LogP contribution in [-0.2, 0) is 6.54 Å². The molecule has 1 aromatic rings. The zero-order valence-electron chi connectivity index (χ0n) is 12.4. The summed E-state index contributed by atoms with van der Waals surface area (Å²) in [4.78, 5) is 0. The van der Waals surface area contributed by atoms with E-state index >= 15 is 0 Å². The van der Waals surface area contributed by atoms with E-state index in [2.05, 4.69) is 29.6 Å². The lowest BCUT2D eigenvalue weighted by Crippen LogP contribution is -2.93. The molecule has 4 aliphatic carbocycles. The van der Waals surface area contributed by atoms with E-state index in [-0.39, 0.29) is 0 Å². The van der Waals surface area contributed by atoms with Crippen LogP contribution in [0.5, 0.6) is 5.75 Å². The Morgan fingerprint density at radius 2 is 1.55 bits per heavy atom. The van der Waals surface area contributed by atoms with Crippen molar-refractivity contribution >= 4 is 0 Å². The smallest absolute Gasteiger partial charge is 0.118 e. The molecule has 2 heteroatoms. The molecule has 2 N–H and O–H groups in total. The summed E-state index contributed by atoms with van der Waals surface area (Å²) >= 11 is 0. The van der Waals surface area contributed by atoms with E-state index in [0.717, 1.165) is 42.0 Å². The Labute approximate surface area is 121 Å². The summed E-state index contributed by atoms with van der Waals surface area (Å²) in [6.45, 7) is 1.14. The second-order valence-electron chi connectivity index (χ2n) is 7.30. The van der Waals surface area contributed by atoms with Crippen LogP contribution in [0, 0.1) is 23.7 Å². The number of rotatable bonds is 4. The van der Waals surface area contributed by atoms with Gasteiger partial charge in [-0.25, -0.2) is 0 Å². The largest absolute Gasteiger partial charge is 0.497 e. The van der Waals surface area contributed by atoms with Gasteiger partial charge in [-0.15, -0.1) is 0 Å². The summed E-state index contributed by atoms with van der Waals surface area (Å²) in [6, 6.07) is 9.50. The first kappa shape index (κ1) is 12.7. The van der Waals surface area contributed by atoms with Gasteiger partial charge in [-0.05, 0) is 68.2 Å². The highest BCUT2D eigenvalue weighted by Crippen LogP contribution is 2.52. The van der Waals surface area contributed by atoms with Crippen molar-refractivity contribution in [2.45, 2.75) is 44.7 Å². The Hall–Kier alpha value is -1.02. The number of nitrogens with two attached hydrogens (primary N) is 1. The van der Waals surface area contributed by atoms with Crippen molar-refractivity contribution < 1.29 is 10.1 Å². The molecule has 0 spiro atoms. The van der Waals surface area contributed by atoms with Gasteiger partial charge in [0.25, 0.3) is 0 Å². The second-order valence-corrected chi connectivity index (χ2v) is 7.30. The predicted octanol–water partition coefficient (Wildman–Crippen LogP) is 2.58. The minimum atomic E-state index is 0.907. The fourth-order valence-corrected chi connectivity index (χ4v) is 5.39. The zero-order chi connectivity index (χ0) is 13.5. The maximum absolute atomic E-state index is 5.23. The van der Waals surface area contributed by atoms with Crippen molar-refractivity contribution in [2.24, 2.45) is 23.7 Å². The lowest BCUT2D eigenvalue weighted by atomic mass is 9.54. The van der Waals surface area contributed by atoms with Crippen molar-refractivity contribution in [3.8, 4) is 5.75 Å². The summed E-state index contributed by atoms with van der Waals surface area (Å²) in [5.74, 6) is 5.17. The van der Waals surface area contributed by atoms with Crippen molar-refractivity contribution in [2.75, 3.05) is 7.11 Å². The molecule has 1 aromatic carbocycles. The van der Waals surface area contributed by atoms with Gasteiger partial charge in [0, 0.05) is 17.4 Å². The average Bonchev–Trinajstić information content (AvgIpc) is 2.46. The maximum atomic E-state index is 5.23. The quantitative estimate of drug-likeness (QED) is 0.895. The molecule has 0 amide bonds. The van der Waals surface area contributed by atoms with Crippen LogP contribution in [-0.4, -0.2) is 13.2 Å². The highest BCUT2D eigenvalue weighted by Gasteiger charge is 2.49. The molecule has 0 unspecified atom stereocenters. The standard InChI is InChI=1S/C18H25NO/c1-20-17-4-2-12(3-5-17)11-19-18-15-7-13-6-14(9-15)10-16(18)8-13/h2-5,13-16,18-19H,6-11H2,1H3/p+1. The molecule has 4 bridgehead atoms. The number of benzene rings is 1. The van der Waals surface area contributed by atoms with E-state index in [1.807, 2.05) is 0 Å². The lowest BCUT2D eigenvalue weighted by molar-refractivity contribution is -0.723. The van der Waals surface area contributed by atoms with Gasteiger partial charge in [-0.2, -0.15) is 0 Å². The molecule has 4 aliphatic rings. The van der Waals surface area contributed by atoms with Crippen LogP contribution in [0.3, 0.4) is 0 Å². The average molecular weight is 272 g/mol. The van der Waals surface area contributed by atoms with Crippen LogP contribution in [0.4, 0.5) is 0 Å². The van der Waals surface area contributed by atoms with Crippen LogP contribution < -0.4 is 10.1 Å². The summed E-state index contributed by atoms with van der Waals surface area (Å²) < 4.78 is 5.23. The molecule has 5 rings (SSSR count). The molecule has 0 aliphatic heterocycles. The Morgan fingerprint density at radius 1 is 0.950 bits per heavy atom. The molecule has 2 nitrogen and oxygen atoms in total. The van der Waals surface area contributed by atoms with E-state index in [1.165, 1.54) is 31.2 Å². The minimum absolute atomic E-state index is 0.907. The lowest BCUT2D eigenvalue weighted by Gasteiger charge is -2.52. The third-order valence-corrected chi connectivity index (χ3v) is 6.08. The number of methoxy groups -OCH3 is 1. The van der Waals surface area contributed by atoms with E-state index < -0.39 is 0 Å². The van der Waals surface area contributed by atoms with Crippen LogP contribution in [0.2, 0.25) is 0 Å². The maximum Gasteiger partial charge on any atom is 0.118 e. The summed E-state index contributed by atoms with van der Waals surface area (Å²) in [5, 5.41) is 2.65. The number of hydrogen-bond acceptors (Lipinski definition) is 1. The zero-order valence-corrected chi connectivity index (χ0v) is 12.4. The van der Waals surface area contributed by atoms with E-state index in [4.69, 9.17) is 4.74 Å². The molecule has 20 heavy (non-hydrogen) atoms. The monoisotopic (exact) mass is 272 g/mol. The summed E-state index contributed by atoms with van der Waals surface area (Å²) in [5.41, 5.74) is 1.43. The molecular formula is C18H26NO+. The fourth-order valence-electron chi connectivity index (χ4n) is 5.39. The number of quaternary nitrogens is 1. The van der Waals surface area contributed by atoms with Crippen molar-refractivity contribution in [3.63, 3.8) is 0 Å². The first-order valence-corrected chi connectivity index (χ1v) is 8.28. The highest BCUT2D eigenvalue weighted by molar-refractivity contribution is 5.26. The SMILES string of the molecule is COc1ccc(C[NH2+]C2C3CC4CC(C3)CC2C4)cc1. The normalized spacial score (nSPS) is 38.1. The fraction of sp³-hybridized carbons (Fsp3) is 0.667. The van der Waals surface area contributed by atoms with Gasteiger partial charge in [0.2, 0.25) is 0 Å². The van der Waals surface area contributed by atoms with Gasteiger partial charge < -0.3 is 10.1 Å². The molecule has 0 heterocycles. The Morgan fingerprint density at radius 3 is 2.10 bits per heavy atom. The van der Waals surface area contributed by atoms with Gasteiger partial charge >= 0.3 is 0 Å². The Bertz CT molecular complexity index is 439. The molecule has 0 atom stereocenters. The van der Waals surface area contributed by atoms with Crippen molar-refractivity contribution in [1.82, 2.24) is 0 Å². The van der Waals surface area contributed by atoms with Gasteiger partial charge in [-0.3, -0.25) is 0 Å². The van der Waals surface area contributed by atoms with E-state index in [1.54, 1.807) is 13.5 Å². The second kappa shape index (κ2) is 5.07. The van der Waals surface area contributed by atoms with E-state index in [0.29, 0.717) is 0 Å². The Balaban J connectivity index is 1.39. The molecule has 4 fully saturated rings.